The average Bonchev–Trinajstić information content (AvgIpc) is 2.98. The Labute approximate surface area is 169 Å². The Kier molecular flexibility index (Phi) is 4.13. The Morgan fingerprint density at radius 2 is 1.93 bits per heavy atom. The van der Waals surface area contributed by atoms with E-state index in [0.29, 0.717) is 48.4 Å². The fourth-order valence-electron chi connectivity index (χ4n) is 9.08. The van der Waals surface area contributed by atoms with Crippen molar-refractivity contribution in [2.24, 2.45) is 40.4 Å². The minimum Gasteiger partial charge on any atom is -0.469 e. The molecule has 2 aliphatic heterocycles. The van der Waals surface area contributed by atoms with Crippen LogP contribution < -0.4 is 0 Å². The van der Waals surface area contributed by atoms with E-state index in [9.17, 15) is 9.59 Å². The lowest BCUT2D eigenvalue weighted by Crippen LogP contribution is -2.75. The Morgan fingerprint density at radius 3 is 2.68 bits per heavy atom. The lowest BCUT2D eigenvalue weighted by atomic mass is 9.40. The van der Waals surface area contributed by atoms with Crippen molar-refractivity contribution < 1.29 is 19.1 Å². The molecule has 0 aromatic carbocycles. The number of esters is 1. The molecule has 6 aliphatic rings. The third kappa shape index (κ3) is 2.16. The third-order valence-electron chi connectivity index (χ3n) is 10.3. The van der Waals surface area contributed by atoms with E-state index in [0.717, 1.165) is 25.7 Å². The smallest absolute Gasteiger partial charge is 0.305 e. The molecule has 5 unspecified atom stereocenters. The second-order valence-electron chi connectivity index (χ2n) is 11.2. The topological polar surface area (TPSA) is 52.6 Å². The monoisotopic (exact) mass is 388 g/mol. The summed E-state index contributed by atoms with van der Waals surface area (Å²) in [4.78, 5) is 25.8. The maximum Gasteiger partial charge on any atom is 0.305 e. The molecule has 0 aromatic rings. The molecule has 0 aromatic heterocycles. The van der Waals surface area contributed by atoms with Crippen LogP contribution in [-0.2, 0) is 19.1 Å². The van der Waals surface area contributed by atoms with Crippen LogP contribution in [0.15, 0.2) is 0 Å². The summed E-state index contributed by atoms with van der Waals surface area (Å²) in [6, 6.07) is 0. The predicted octanol–water partition coefficient (Wildman–Crippen LogP) is 4.54. The standard InChI is InChI=1S/C24H36O4/c1-14(11-21(26)27-4)17-7-8-18-19-6-5-15-12-16-9-10-23(15,3)24(19,28-16)20(25)13-22(17,18)2/h14-19H,5-13H2,1-4H3/t14?,15?,16-,17?,18?,19?,22-,23+,24+/m0/s1. The Bertz CT molecular complexity index is 703. The Balaban J connectivity index is 1.50. The highest BCUT2D eigenvalue weighted by atomic mass is 16.5. The van der Waals surface area contributed by atoms with Gasteiger partial charge in [0.2, 0.25) is 0 Å². The maximum absolute atomic E-state index is 13.9. The van der Waals surface area contributed by atoms with E-state index in [-0.39, 0.29) is 22.7 Å². The average molecular weight is 389 g/mol. The van der Waals surface area contributed by atoms with Gasteiger partial charge in [-0.1, -0.05) is 20.8 Å². The number of methoxy groups -OCH3 is 1. The number of rotatable bonds is 3. The quantitative estimate of drug-likeness (QED) is 0.666. The number of hydrogen-bond donors (Lipinski definition) is 0. The molecule has 2 saturated heterocycles. The van der Waals surface area contributed by atoms with Crippen LogP contribution in [0.1, 0.15) is 78.6 Å². The van der Waals surface area contributed by atoms with Gasteiger partial charge in [-0.15, -0.1) is 0 Å². The third-order valence-corrected chi connectivity index (χ3v) is 10.3. The highest BCUT2D eigenvalue weighted by Crippen LogP contribution is 2.72. The molecule has 4 heteroatoms. The summed E-state index contributed by atoms with van der Waals surface area (Å²) in [5, 5.41) is 0. The normalized spacial score (nSPS) is 52.7. The molecule has 4 saturated carbocycles. The largest absolute Gasteiger partial charge is 0.469 e. The van der Waals surface area contributed by atoms with Crippen molar-refractivity contribution in [1.29, 1.82) is 0 Å². The van der Waals surface area contributed by atoms with Gasteiger partial charge in [-0.05, 0) is 80.0 Å². The summed E-state index contributed by atoms with van der Waals surface area (Å²) in [7, 11) is 1.47. The second-order valence-corrected chi connectivity index (χ2v) is 11.2. The first-order chi connectivity index (χ1) is 13.3. The van der Waals surface area contributed by atoms with Crippen molar-refractivity contribution in [2.75, 3.05) is 7.11 Å². The number of ether oxygens (including phenoxy) is 2. The molecule has 28 heavy (non-hydrogen) atoms. The number of Topliss-reactive ketones (excluding diaryl/α,β-unsaturated/α-hetero) is 1. The molecule has 1 spiro atoms. The summed E-state index contributed by atoms with van der Waals surface area (Å²) in [5.74, 6) is 2.54. The molecule has 6 rings (SSSR count). The van der Waals surface area contributed by atoms with Gasteiger partial charge in [-0.2, -0.15) is 0 Å². The molecule has 4 nitrogen and oxygen atoms in total. The number of ketones is 1. The summed E-state index contributed by atoms with van der Waals surface area (Å²) < 4.78 is 11.7. The molecule has 156 valence electrons. The van der Waals surface area contributed by atoms with Gasteiger partial charge < -0.3 is 9.47 Å². The summed E-state index contributed by atoms with van der Waals surface area (Å²) in [6.45, 7) is 6.91. The van der Waals surface area contributed by atoms with E-state index >= 15 is 0 Å². The Hall–Kier alpha value is -0.900. The summed E-state index contributed by atoms with van der Waals surface area (Å²) >= 11 is 0. The number of carbonyl (C=O) groups excluding carboxylic acids is 2. The van der Waals surface area contributed by atoms with Gasteiger partial charge in [0.15, 0.2) is 5.78 Å². The van der Waals surface area contributed by atoms with E-state index in [1.165, 1.54) is 26.4 Å². The van der Waals surface area contributed by atoms with Crippen LogP contribution in [0.25, 0.3) is 0 Å². The van der Waals surface area contributed by atoms with Crippen LogP contribution in [0.5, 0.6) is 0 Å². The molecule has 0 N–H and O–H groups in total. The van der Waals surface area contributed by atoms with E-state index in [4.69, 9.17) is 9.47 Å². The molecule has 4 aliphatic carbocycles. The molecule has 2 heterocycles. The highest BCUT2D eigenvalue weighted by molar-refractivity contribution is 5.91. The lowest BCUT2D eigenvalue weighted by molar-refractivity contribution is -0.307. The molecular formula is C24H36O4. The van der Waals surface area contributed by atoms with Gasteiger partial charge in [0.1, 0.15) is 5.60 Å². The number of carbonyl (C=O) groups is 2. The maximum atomic E-state index is 13.9. The van der Waals surface area contributed by atoms with Gasteiger partial charge in [0, 0.05) is 18.3 Å². The molecule has 6 fully saturated rings. The summed E-state index contributed by atoms with van der Waals surface area (Å²) in [6.07, 6.45) is 9.60. The van der Waals surface area contributed by atoms with Crippen LogP contribution in [-0.4, -0.2) is 30.6 Å². The zero-order valence-corrected chi connectivity index (χ0v) is 18.0. The van der Waals surface area contributed by atoms with Gasteiger partial charge >= 0.3 is 5.97 Å². The summed E-state index contributed by atoms with van der Waals surface area (Å²) in [5.41, 5.74) is -0.468. The fraction of sp³-hybridized carbons (Fsp3) is 0.917. The van der Waals surface area contributed by atoms with Gasteiger partial charge in [0.05, 0.1) is 13.2 Å². The van der Waals surface area contributed by atoms with Crippen molar-refractivity contribution in [3.63, 3.8) is 0 Å². The van der Waals surface area contributed by atoms with E-state index in [2.05, 4.69) is 20.8 Å². The molecule has 4 bridgehead atoms. The Morgan fingerprint density at radius 1 is 1.18 bits per heavy atom. The lowest BCUT2D eigenvalue weighted by Gasteiger charge is -2.70. The first-order valence-corrected chi connectivity index (χ1v) is 11.5. The van der Waals surface area contributed by atoms with Gasteiger partial charge in [-0.25, -0.2) is 0 Å². The van der Waals surface area contributed by atoms with Crippen molar-refractivity contribution in [3.8, 4) is 0 Å². The molecule has 9 atom stereocenters. The van der Waals surface area contributed by atoms with Crippen molar-refractivity contribution in [2.45, 2.75) is 90.3 Å². The first-order valence-electron chi connectivity index (χ1n) is 11.5. The van der Waals surface area contributed by atoms with Crippen LogP contribution in [0.2, 0.25) is 0 Å². The first kappa shape index (κ1) is 19.1. The van der Waals surface area contributed by atoms with Gasteiger partial charge in [0.25, 0.3) is 0 Å². The number of hydrogen-bond acceptors (Lipinski definition) is 4. The predicted molar refractivity (Wildman–Crippen MR) is 106 cm³/mol. The van der Waals surface area contributed by atoms with E-state index in [1.807, 2.05) is 0 Å². The number of fused-ring (bicyclic) bond motifs is 3. The highest BCUT2D eigenvalue weighted by Gasteiger charge is 2.74. The molecular weight excluding hydrogens is 352 g/mol. The van der Waals surface area contributed by atoms with Crippen LogP contribution in [0, 0.1) is 40.4 Å². The zero-order chi connectivity index (χ0) is 19.9. The van der Waals surface area contributed by atoms with Crippen molar-refractivity contribution in [1.82, 2.24) is 0 Å². The second kappa shape index (κ2) is 6.06. The molecule has 0 amide bonds. The molecule has 0 radical (unpaired) electrons. The van der Waals surface area contributed by atoms with E-state index < -0.39 is 5.60 Å². The zero-order valence-electron chi connectivity index (χ0n) is 18.0. The van der Waals surface area contributed by atoms with Crippen LogP contribution >= 0.6 is 0 Å². The fourth-order valence-corrected chi connectivity index (χ4v) is 9.08. The van der Waals surface area contributed by atoms with E-state index in [1.54, 1.807) is 0 Å². The van der Waals surface area contributed by atoms with Crippen LogP contribution in [0.3, 0.4) is 0 Å². The SMILES string of the molecule is COC(=O)CC(C)C1CCC2C3CCC4C[C@@H]5CC[C@@]4(C)[C@]3(O5)C(=O)C[C@@]12C. The van der Waals surface area contributed by atoms with Gasteiger partial charge in [-0.3, -0.25) is 9.59 Å². The minimum atomic E-state index is -0.512. The van der Waals surface area contributed by atoms with Crippen molar-refractivity contribution >= 4 is 11.8 Å². The van der Waals surface area contributed by atoms with Crippen molar-refractivity contribution in [3.05, 3.63) is 0 Å². The minimum absolute atomic E-state index is 0.00366. The van der Waals surface area contributed by atoms with Crippen LogP contribution in [0.4, 0.5) is 0 Å².